The van der Waals surface area contributed by atoms with Gasteiger partial charge in [0.2, 0.25) is 17.5 Å². The first-order valence-electron chi connectivity index (χ1n) is 8.64. The van der Waals surface area contributed by atoms with E-state index >= 15 is 0 Å². The van der Waals surface area contributed by atoms with Crippen LogP contribution >= 0.6 is 0 Å². The van der Waals surface area contributed by atoms with Crippen molar-refractivity contribution in [2.45, 2.75) is 6.54 Å². The number of hydrogen-bond acceptors (Lipinski definition) is 8. The van der Waals surface area contributed by atoms with Gasteiger partial charge in [-0.3, -0.25) is 4.79 Å². The van der Waals surface area contributed by atoms with Crippen LogP contribution in [0.25, 0.3) is 11.5 Å². The number of ether oxygens (including phenoxy) is 4. The average molecular weight is 399 g/mol. The van der Waals surface area contributed by atoms with Crippen LogP contribution in [-0.4, -0.2) is 44.5 Å². The Morgan fingerprint density at radius 1 is 0.931 bits per heavy atom. The van der Waals surface area contributed by atoms with E-state index in [2.05, 4.69) is 15.5 Å². The van der Waals surface area contributed by atoms with E-state index in [4.69, 9.17) is 23.4 Å². The number of nitrogens with zero attached hydrogens (tertiary/aromatic N) is 2. The Morgan fingerprint density at radius 3 is 2.14 bits per heavy atom. The molecule has 1 N–H and O–H groups in total. The maximum absolute atomic E-state index is 12.5. The van der Waals surface area contributed by atoms with Gasteiger partial charge < -0.3 is 28.7 Å². The number of amides is 1. The van der Waals surface area contributed by atoms with Gasteiger partial charge in [0.25, 0.3) is 5.91 Å². The van der Waals surface area contributed by atoms with E-state index in [0.717, 1.165) is 11.3 Å². The van der Waals surface area contributed by atoms with Crippen molar-refractivity contribution in [3.8, 4) is 34.5 Å². The summed E-state index contributed by atoms with van der Waals surface area (Å²) in [6.45, 7) is 0.0681. The van der Waals surface area contributed by atoms with Crippen molar-refractivity contribution >= 4 is 5.91 Å². The first-order valence-corrected chi connectivity index (χ1v) is 8.64. The third-order valence-corrected chi connectivity index (χ3v) is 4.13. The molecule has 0 bridgehead atoms. The lowest BCUT2D eigenvalue weighted by Crippen LogP contribution is -2.23. The molecule has 0 saturated carbocycles. The van der Waals surface area contributed by atoms with Crippen molar-refractivity contribution in [3.05, 3.63) is 47.9 Å². The molecular weight excluding hydrogens is 378 g/mol. The highest BCUT2D eigenvalue weighted by atomic mass is 16.5. The number of rotatable bonds is 8. The highest BCUT2D eigenvalue weighted by Gasteiger charge is 2.17. The Hall–Kier alpha value is -3.75. The van der Waals surface area contributed by atoms with Crippen LogP contribution in [0, 0.1) is 0 Å². The van der Waals surface area contributed by atoms with Gasteiger partial charge in [-0.2, -0.15) is 0 Å². The van der Waals surface area contributed by atoms with Crippen LogP contribution < -0.4 is 24.3 Å². The molecule has 0 saturated heterocycles. The average Bonchev–Trinajstić information content (AvgIpc) is 3.25. The van der Waals surface area contributed by atoms with Crippen molar-refractivity contribution in [2.75, 3.05) is 28.4 Å². The summed E-state index contributed by atoms with van der Waals surface area (Å²) >= 11 is 0. The highest BCUT2D eigenvalue weighted by Crippen LogP contribution is 2.38. The third kappa shape index (κ3) is 4.40. The zero-order valence-electron chi connectivity index (χ0n) is 16.5. The molecule has 0 fully saturated rings. The van der Waals surface area contributed by atoms with Crippen molar-refractivity contribution in [1.82, 2.24) is 15.5 Å². The van der Waals surface area contributed by atoms with Crippen LogP contribution in [0.2, 0.25) is 0 Å². The van der Waals surface area contributed by atoms with E-state index in [9.17, 15) is 4.79 Å². The fraction of sp³-hybridized carbons (Fsp3) is 0.250. The molecule has 0 spiro atoms. The van der Waals surface area contributed by atoms with Crippen molar-refractivity contribution in [2.24, 2.45) is 0 Å². The largest absolute Gasteiger partial charge is 0.497 e. The van der Waals surface area contributed by atoms with Gasteiger partial charge >= 0.3 is 0 Å². The number of methoxy groups -OCH3 is 4. The van der Waals surface area contributed by atoms with Crippen LogP contribution in [0.15, 0.2) is 40.8 Å². The maximum Gasteiger partial charge on any atom is 0.251 e. The first kappa shape index (κ1) is 20.0. The van der Waals surface area contributed by atoms with Crippen LogP contribution in [0.3, 0.4) is 0 Å². The third-order valence-electron chi connectivity index (χ3n) is 4.13. The van der Waals surface area contributed by atoms with Gasteiger partial charge in [-0.1, -0.05) is 0 Å². The summed E-state index contributed by atoms with van der Waals surface area (Å²) in [6, 6.07) is 10.3. The zero-order chi connectivity index (χ0) is 20.8. The summed E-state index contributed by atoms with van der Waals surface area (Å²) < 4.78 is 26.5. The molecule has 3 rings (SSSR count). The van der Waals surface area contributed by atoms with Crippen LogP contribution in [-0.2, 0) is 6.54 Å². The summed E-state index contributed by atoms with van der Waals surface area (Å²) in [5, 5.41) is 10.7. The number of nitrogens with one attached hydrogen (secondary N) is 1. The van der Waals surface area contributed by atoms with Gasteiger partial charge in [0, 0.05) is 11.1 Å². The summed E-state index contributed by atoms with van der Waals surface area (Å²) in [4.78, 5) is 12.5. The van der Waals surface area contributed by atoms with Crippen LogP contribution in [0.5, 0.6) is 23.0 Å². The lowest BCUT2D eigenvalue weighted by Gasteiger charge is -2.13. The van der Waals surface area contributed by atoms with Gasteiger partial charge in [0.15, 0.2) is 11.5 Å². The quantitative estimate of drug-likeness (QED) is 0.616. The minimum absolute atomic E-state index is 0.0681. The van der Waals surface area contributed by atoms with Gasteiger partial charge in [0.05, 0.1) is 35.0 Å². The molecule has 2 aromatic carbocycles. The van der Waals surface area contributed by atoms with E-state index in [0.29, 0.717) is 28.7 Å². The molecule has 1 heterocycles. The van der Waals surface area contributed by atoms with E-state index in [1.807, 2.05) is 12.1 Å². The number of hydrogen-bond donors (Lipinski definition) is 1. The highest BCUT2D eigenvalue weighted by molar-refractivity contribution is 5.95. The van der Waals surface area contributed by atoms with Crippen molar-refractivity contribution in [1.29, 1.82) is 0 Å². The van der Waals surface area contributed by atoms with Crippen LogP contribution in [0.1, 0.15) is 16.2 Å². The van der Waals surface area contributed by atoms with E-state index in [-0.39, 0.29) is 18.3 Å². The molecule has 3 aromatic rings. The Balaban J connectivity index is 1.70. The van der Waals surface area contributed by atoms with E-state index < -0.39 is 0 Å². The smallest absolute Gasteiger partial charge is 0.251 e. The van der Waals surface area contributed by atoms with Gasteiger partial charge in [-0.15, -0.1) is 10.2 Å². The molecule has 9 heteroatoms. The normalized spacial score (nSPS) is 10.3. The summed E-state index contributed by atoms with van der Waals surface area (Å²) in [5.74, 6) is 2.18. The van der Waals surface area contributed by atoms with E-state index in [1.165, 1.54) is 21.3 Å². The molecule has 29 heavy (non-hydrogen) atoms. The zero-order valence-corrected chi connectivity index (χ0v) is 16.5. The number of carbonyl (C=O) groups is 1. The standard InChI is InChI=1S/C20H21N3O6/c1-25-14-7-5-12(6-8-14)20-23-22-17(29-20)11-21-19(24)13-9-15(26-2)18(28-4)16(10-13)27-3/h5-10H,11H2,1-4H3,(H,21,24). The second-order valence-electron chi connectivity index (χ2n) is 5.83. The fourth-order valence-electron chi connectivity index (χ4n) is 2.65. The first-order chi connectivity index (χ1) is 14.1. The summed E-state index contributed by atoms with van der Waals surface area (Å²) in [5.41, 5.74) is 1.09. The number of benzene rings is 2. The molecular formula is C20H21N3O6. The van der Waals surface area contributed by atoms with E-state index in [1.54, 1.807) is 31.4 Å². The number of carbonyl (C=O) groups excluding carboxylic acids is 1. The fourth-order valence-corrected chi connectivity index (χ4v) is 2.65. The molecule has 0 radical (unpaired) electrons. The second-order valence-corrected chi connectivity index (χ2v) is 5.83. The molecule has 0 unspecified atom stereocenters. The lowest BCUT2D eigenvalue weighted by atomic mass is 10.1. The van der Waals surface area contributed by atoms with Gasteiger partial charge in [0.1, 0.15) is 5.75 Å². The minimum atomic E-state index is -0.353. The predicted molar refractivity (Wildman–Crippen MR) is 104 cm³/mol. The maximum atomic E-state index is 12.5. The Labute approximate surface area is 167 Å². The van der Waals surface area contributed by atoms with Gasteiger partial charge in [-0.25, -0.2) is 0 Å². The molecule has 9 nitrogen and oxygen atoms in total. The Bertz CT molecular complexity index is 959. The summed E-state index contributed by atoms with van der Waals surface area (Å²) in [7, 11) is 6.06. The monoisotopic (exact) mass is 399 g/mol. The molecule has 0 atom stereocenters. The molecule has 0 aliphatic heterocycles. The molecule has 1 aromatic heterocycles. The van der Waals surface area contributed by atoms with Crippen LogP contribution in [0.4, 0.5) is 0 Å². The molecule has 0 aliphatic carbocycles. The topological polar surface area (TPSA) is 105 Å². The van der Waals surface area contributed by atoms with Crippen molar-refractivity contribution < 1.29 is 28.2 Å². The Morgan fingerprint density at radius 2 is 1.59 bits per heavy atom. The Kier molecular flexibility index (Phi) is 6.18. The molecule has 0 aliphatic rings. The predicted octanol–water partition coefficient (Wildman–Crippen LogP) is 2.70. The lowest BCUT2D eigenvalue weighted by molar-refractivity contribution is 0.0946. The minimum Gasteiger partial charge on any atom is -0.497 e. The SMILES string of the molecule is COc1ccc(-c2nnc(CNC(=O)c3cc(OC)c(OC)c(OC)c3)o2)cc1. The summed E-state index contributed by atoms with van der Waals surface area (Å²) in [6.07, 6.45) is 0. The molecule has 152 valence electrons. The second kappa shape index (κ2) is 8.96. The number of aromatic nitrogens is 2. The van der Waals surface area contributed by atoms with Crippen molar-refractivity contribution in [3.63, 3.8) is 0 Å². The molecule has 1 amide bonds. The van der Waals surface area contributed by atoms with Gasteiger partial charge in [-0.05, 0) is 36.4 Å².